The quantitative estimate of drug-likeness (QED) is 0.449. The fourth-order valence-electron chi connectivity index (χ4n) is 2.31. The van der Waals surface area contributed by atoms with Gasteiger partial charge in [0.05, 0.1) is 12.0 Å². The van der Waals surface area contributed by atoms with E-state index >= 15 is 0 Å². The molecule has 0 heterocycles. The second-order valence-electron chi connectivity index (χ2n) is 5.33. The summed E-state index contributed by atoms with van der Waals surface area (Å²) in [5, 5.41) is 13.6. The van der Waals surface area contributed by atoms with Crippen LogP contribution in [-0.2, 0) is 4.79 Å². The Morgan fingerprint density at radius 3 is 2.48 bits per heavy atom. The highest BCUT2D eigenvalue weighted by atomic mass is 16.6. The highest BCUT2D eigenvalue weighted by Gasteiger charge is 2.16. The molecule has 7 heteroatoms. The molecule has 0 bridgehead atoms. The number of methoxy groups -OCH3 is 1. The van der Waals surface area contributed by atoms with Gasteiger partial charge in [0.15, 0.2) is 11.5 Å². The molecule has 0 saturated heterocycles. The van der Waals surface area contributed by atoms with E-state index in [1.165, 1.54) is 25.3 Å². The van der Waals surface area contributed by atoms with E-state index in [0.717, 1.165) is 0 Å². The number of rotatable bonds is 8. The van der Waals surface area contributed by atoms with E-state index in [1.807, 2.05) is 6.07 Å². The average molecular weight is 342 g/mol. The Morgan fingerprint density at radius 1 is 1.12 bits per heavy atom. The zero-order valence-electron chi connectivity index (χ0n) is 13.7. The molecule has 130 valence electrons. The number of carbonyl (C=O) groups is 2. The van der Waals surface area contributed by atoms with Gasteiger partial charge in [-0.15, -0.1) is 0 Å². The van der Waals surface area contributed by atoms with Crippen LogP contribution in [0.3, 0.4) is 0 Å². The fourth-order valence-corrected chi connectivity index (χ4v) is 2.31. The van der Waals surface area contributed by atoms with Gasteiger partial charge < -0.3 is 10.1 Å². The lowest BCUT2D eigenvalue weighted by Crippen LogP contribution is -2.12. The van der Waals surface area contributed by atoms with Gasteiger partial charge in [-0.05, 0) is 18.6 Å². The molecule has 2 aromatic rings. The molecule has 0 spiro atoms. The van der Waals surface area contributed by atoms with Crippen molar-refractivity contribution in [3.8, 4) is 5.75 Å². The van der Waals surface area contributed by atoms with Crippen molar-refractivity contribution in [2.24, 2.45) is 0 Å². The highest BCUT2D eigenvalue weighted by Crippen LogP contribution is 2.29. The number of nitro benzene ring substituents is 1. The molecule has 1 N–H and O–H groups in total. The third-order valence-corrected chi connectivity index (χ3v) is 3.56. The molecule has 0 unspecified atom stereocenters. The normalized spacial score (nSPS) is 10.1. The standard InChI is InChI=1S/C18H18N2O5/c1-25-17-11-10-14(12-15(17)20(23)24)19-18(22)9-5-8-16(21)13-6-3-2-4-7-13/h2-4,6-7,10-12H,5,8-9H2,1H3,(H,19,22). The maximum Gasteiger partial charge on any atom is 0.312 e. The van der Waals surface area contributed by atoms with Crippen LogP contribution in [0.15, 0.2) is 48.5 Å². The Labute approximate surface area is 144 Å². The van der Waals surface area contributed by atoms with Crippen LogP contribution >= 0.6 is 0 Å². The lowest BCUT2D eigenvalue weighted by Gasteiger charge is -2.07. The van der Waals surface area contributed by atoms with E-state index in [2.05, 4.69) is 5.32 Å². The van der Waals surface area contributed by atoms with Crippen molar-refractivity contribution in [1.29, 1.82) is 0 Å². The van der Waals surface area contributed by atoms with Crippen LogP contribution in [-0.4, -0.2) is 23.7 Å². The topological polar surface area (TPSA) is 98.5 Å². The summed E-state index contributed by atoms with van der Waals surface area (Å²) in [5.74, 6) is -0.203. The minimum Gasteiger partial charge on any atom is -0.490 e. The predicted octanol–water partition coefficient (Wildman–Crippen LogP) is 3.60. The van der Waals surface area contributed by atoms with Crippen molar-refractivity contribution in [3.05, 3.63) is 64.2 Å². The van der Waals surface area contributed by atoms with Gasteiger partial charge in [-0.2, -0.15) is 0 Å². The number of carbonyl (C=O) groups excluding carboxylic acids is 2. The summed E-state index contributed by atoms with van der Waals surface area (Å²) in [4.78, 5) is 34.3. The van der Waals surface area contributed by atoms with E-state index in [4.69, 9.17) is 4.74 Å². The summed E-state index contributed by atoms with van der Waals surface area (Å²) >= 11 is 0. The number of amides is 1. The molecular weight excluding hydrogens is 324 g/mol. The molecular formula is C18H18N2O5. The largest absolute Gasteiger partial charge is 0.490 e. The Morgan fingerprint density at radius 2 is 1.84 bits per heavy atom. The zero-order valence-corrected chi connectivity index (χ0v) is 13.7. The third kappa shape index (κ3) is 5.13. The minimum absolute atomic E-state index is 0.0199. The molecule has 0 aromatic heterocycles. The second kappa shape index (κ2) is 8.58. The molecule has 0 aliphatic heterocycles. The van der Waals surface area contributed by atoms with Crippen LogP contribution in [0, 0.1) is 10.1 Å². The van der Waals surface area contributed by atoms with Gasteiger partial charge in [0.1, 0.15) is 0 Å². The maximum atomic E-state index is 12.0. The van der Waals surface area contributed by atoms with Crippen molar-refractivity contribution >= 4 is 23.1 Å². The SMILES string of the molecule is COc1ccc(NC(=O)CCCC(=O)c2ccccc2)cc1[N+](=O)[O-]. The smallest absolute Gasteiger partial charge is 0.312 e. The van der Waals surface area contributed by atoms with E-state index in [-0.39, 0.29) is 36.0 Å². The Kier molecular flexibility index (Phi) is 6.22. The first-order chi connectivity index (χ1) is 12.0. The zero-order chi connectivity index (χ0) is 18.2. The average Bonchev–Trinajstić information content (AvgIpc) is 2.62. The summed E-state index contributed by atoms with van der Waals surface area (Å²) in [7, 11) is 1.34. The van der Waals surface area contributed by atoms with Gasteiger partial charge in [0.2, 0.25) is 5.91 Å². The monoisotopic (exact) mass is 342 g/mol. The molecule has 0 atom stereocenters. The third-order valence-electron chi connectivity index (χ3n) is 3.56. The van der Waals surface area contributed by atoms with E-state index in [9.17, 15) is 19.7 Å². The van der Waals surface area contributed by atoms with Gasteiger partial charge >= 0.3 is 5.69 Å². The van der Waals surface area contributed by atoms with Crippen LogP contribution in [0.25, 0.3) is 0 Å². The summed E-state index contributed by atoms with van der Waals surface area (Å²) in [5.41, 5.74) is 0.708. The van der Waals surface area contributed by atoms with Crippen LogP contribution in [0.2, 0.25) is 0 Å². The van der Waals surface area contributed by atoms with Gasteiger partial charge in [-0.3, -0.25) is 19.7 Å². The summed E-state index contributed by atoms with van der Waals surface area (Å²) in [6.07, 6.45) is 0.816. The predicted molar refractivity (Wildman–Crippen MR) is 92.9 cm³/mol. The number of Topliss-reactive ketones (excluding diaryl/α,β-unsaturated/α-hetero) is 1. The first-order valence-electron chi connectivity index (χ1n) is 7.72. The summed E-state index contributed by atoms with van der Waals surface area (Å²) in [6, 6.07) is 13.1. The van der Waals surface area contributed by atoms with Crippen molar-refractivity contribution in [1.82, 2.24) is 0 Å². The summed E-state index contributed by atoms with van der Waals surface area (Å²) < 4.78 is 4.91. The molecule has 0 aliphatic carbocycles. The first kappa shape index (κ1) is 18.1. The van der Waals surface area contributed by atoms with Gasteiger partial charge in [0, 0.05) is 30.2 Å². The van der Waals surface area contributed by atoms with Crippen molar-refractivity contribution in [2.75, 3.05) is 12.4 Å². The van der Waals surface area contributed by atoms with Crippen molar-refractivity contribution in [2.45, 2.75) is 19.3 Å². The molecule has 0 saturated carbocycles. The number of nitrogens with one attached hydrogen (secondary N) is 1. The molecule has 7 nitrogen and oxygen atoms in total. The molecule has 0 fully saturated rings. The number of ketones is 1. The number of ether oxygens (including phenoxy) is 1. The van der Waals surface area contributed by atoms with Crippen molar-refractivity contribution < 1.29 is 19.2 Å². The maximum absolute atomic E-state index is 12.0. The molecule has 2 rings (SSSR count). The van der Waals surface area contributed by atoms with Crippen LogP contribution in [0.1, 0.15) is 29.6 Å². The van der Waals surface area contributed by atoms with Gasteiger partial charge in [-0.1, -0.05) is 30.3 Å². The van der Waals surface area contributed by atoms with Crippen LogP contribution < -0.4 is 10.1 Å². The lowest BCUT2D eigenvalue weighted by molar-refractivity contribution is -0.385. The summed E-state index contributed by atoms with van der Waals surface area (Å²) in [6.45, 7) is 0. The van der Waals surface area contributed by atoms with Gasteiger partial charge in [-0.25, -0.2) is 0 Å². The Hall–Kier alpha value is -3.22. The number of hydrogen-bond acceptors (Lipinski definition) is 5. The van der Waals surface area contributed by atoms with E-state index < -0.39 is 4.92 Å². The molecule has 25 heavy (non-hydrogen) atoms. The highest BCUT2D eigenvalue weighted by molar-refractivity contribution is 5.96. The number of nitrogens with zero attached hydrogens (tertiary/aromatic N) is 1. The fraction of sp³-hybridized carbons (Fsp3) is 0.222. The number of hydrogen-bond donors (Lipinski definition) is 1. The van der Waals surface area contributed by atoms with Gasteiger partial charge in [0.25, 0.3) is 0 Å². The number of nitro groups is 1. The van der Waals surface area contributed by atoms with E-state index in [1.54, 1.807) is 24.3 Å². The minimum atomic E-state index is -0.576. The molecule has 0 aliphatic rings. The number of benzene rings is 2. The Bertz CT molecular complexity index is 774. The lowest BCUT2D eigenvalue weighted by atomic mass is 10.1. The van der Waals surface area contributed by atoms with Crippen molar-refractivity contribution in [3.63, 3.8) is 0 Å². The second-order valence-corrected chi connectivity index (χ2v) is 5.33. The molecule has 1 amide bonds. The molecule has 0 radical (unpaired) electrons. The van der Waals surface area contributed by atoms with Crippen LogP contribution in [0.5, 0.6) is 5.75 Å². The Balaban J connectivity index is 1.87. The van der Waals surface area contributed by atoms with Crippen LogP contribution in [0.4, 0.5) is 11.4 Å². The molecule has 2 aromatic carbocycles. The van der Waals surface area contributed by atoms with E-state index in [0.29, 0.717) is 17.7 Å². The first-order valence-corrected chi connectivity index (χ1v) is 7.72. The number of anilines is 1.